The van der Waals surface area contributed by atoms with Crippen LogP contribution in [0.2, 0.25) is 0 Å². The summed E-state index contributed by atoms with van der Waals surface area (Å²) in [5.41, 5.74) is 2.69. The van der Waals surface area contributed by atoms with Crippen LogP contribution >= 0.6 is 11.3 Å². The normalized spacial score (nSPS) is 18.2. The predicted octanol–water partition coefficient (Wildman–Crippen LogP) is 3.31. The number of thiophene rings is 1. The minimum absolute atomic E-state index is 0.549. The molecule has 0 radical (unpaired) electrons. The zero-order valence-electron chi connectivity index (χ0n) is 8.10. The van der Waals surface area contributed by atoms with Crippen LogP contribution in [0, 0.1) is 0 Å². The van der Waals surface area contributed by atoms with Gasteiger partial charge in [0, 0.05) is 10.4 Å². The lowest BCUT2D eigenvalue weighted by atomic mass is 10.1. The van der Waals surface area contributed by atoms with Gasteiger partial charge in [-0.1, -0.05) is 13.3 Å². The molecular weight excluding hydrogens is 192 g/mol. The van der Waals surface area contributed by atoms with Crippen molar-refractivity contribution < 1.29 is 0 Å². The summed E-state index contributed by atoms with van der Waals surface area (Å²) in [6, 6.07) is 2.76. The number of fused-ring (bicyclic) bond motifs is 3. The summed E-state index contributed by atoms with van der Waals surface area (Å²) in [7, 11) is 0. The Morgan fingerprint density at radius 2 is 2.50 bits per heavy atom. The zero-order valence-corrected chi connectivity index (χ0v) is 8.92. The molecule has 0 saturated heterocycles. The Hall–Kier alpha value is -1.09. The van der Waals surface area contributed by atoms with Crippen LogP contribution in [-0.2, 0) is 0 Å². The first-order chi connectivity index (χ1) is 6.92. The van der Waals surface area contributed by atoms with Crippen LogP contribution in [-0.4, -0.2) is 9.55 Å². The molecule has 0 aromatic carbocycles. The van der Waals surface area contributed by atoms with Gasteiger partial charge in [-0.05, 0) is 17.9 Å². The van der Waals surface area contributed by atoms with Crippen molar-refractivity contribution in [2.75, 3.05) is 0 Å². The molecular formula is C11H12N2S. The Morgan fingerprint density at radius 1 is 1.57 bits per heavy atom. The molecule has 0 aliphatic carbocycles. The van der Waals surface area contributed by atoms with Crippen molar-refractivity contribution in [3.63, 3.8) is 0 Å². The highest BCUT2D eigenvalue weighted by molar-refractivity contribution is 7.10. The number of imidazole rings is 1. The van der Waals surface area contributed by atoms with Gasteiger partial charge in [-0.15, -0.1) is 11.3 Å². The van der Waals surface area contributed by atoms with Crippen LogP contribution in [0.5, 0.6) is 0 Å². The van der Waals surface area contributed by atoms with E-state index in [0.29, 0.717) is 6.04 Å². The summed E-state index contributed by atoms with van der Waals surface area (Å²) in [4.78, 5) is 5.74. The fraction of sp³-hybridized carbons (Fsp3) is 0.364. The molecule has 1 aliphatic rings. The van der Waals surface area contributed by atoms with Crippen molar-refractivity contribution >= 4 is 11.3 Å². The van der Waals surface area contributed by atoms with Crippen molar-refractivity contribution in [2.24, 2.45) is 0 Å². The quantitative estimate of drug-likeness (QED) is 0.733. The highest BCUT2D eigenvalue weighted by Gasteiger charge is 2.28. The molecule has 3 rings (SSSR count). The summed E-state index contributed by atoms with van der Waals surface area (Å²) < 4.78 is 2.31. The van der Waals surface area contributed by atoms with E-state index in [1.807, 2.05) is 23.9 Å². The number of aromatic nitrogens is 2. The monoisotopic (exact) mass is 204 g/mol. The molecule has 2 nitrogen and oxygen atoms in total. The molecule has 0 saturated carbocycles. The average molecular weight is 204 g/mol. The Labute approximate surface area is 87.2 Å². The fourth-order valence-corrected chi connectivity index (χ4v) is 3.26. The first kappa shape index (κ1) is 8.24. The van der Waals surface area contributed by atoms with Gasteiger partial charge in [0.25, 0.3) is 0 Å². The Balaban J connectivity index is 2.17. The van der Waals surface area contributed by atoms with Gasteiger partial charge < -0.3 is 4.57 Å². The maximum atomic E-state index is 4.22. The number of rotatable bonds is 2. The van der Waals surface area contributed by atoms with Crippen molar-refractivity contribution in [1.82, 2.24) is 9.55 Å². The molecule has 3 heterocycles. The average Bonchev–Trinajstić information content (AvgIpc) is 2.83. The van der Waals surface area contributed by atoms with Gasteiger partial charge in [0.2, 0.25) is 0 Å². The van der Waals surface area contributed by atoms with Crippen LogP contribution in [0.3, 0.4) is 0 Å². The van der Waals surface area contributed by atoms with Gasteiger partial charge >= 0.3 is 0 Å². The summed E-state index contributed by atoms with van der Waals surface area (Å²) in [5, 5.41) is 2.18. The van der Waals surface area contributed by atoms with E-state index in [1.165, 1.54) is 29.0 Å². The molecule has 1 aliphatic heterocycles. The lowest BCUT2D eigenvalue weighted by Crippen LogP contribution is -2.02. The van der Waals surface area contributed by atoms with E-state index in [0.717, 1.165) is 0 Å². The molecule has 0 N–H and O–H groups in total. The molecule has 0 fully saturated rings. The van der Waals surface area contributed by atoms with Gasteiger partial charge in [-0.2, -0.15) is 0 Å². The molecule has 0 amide bonds. The van der Waals surface area contributed by atoms with E-state index in [1.54, 1.807) is 0 Å². The molecule has 0 unspecified atom stereocenters. The van der Waals surface area contributed by atoms with Crippen LogP contribution in [0.25, 0.3) is 11.3 Å². The topological polar surface area (TPSA) is 17.8 Å². The van der Waals surface area contributed by atoms with Crippen LogP contribution in [0.4, 0.5) is 0 Å². The zero-order chi connectivity index (χ0) is 9.54. The molecule has 72 valence electrons. The first-order valence-corrected chi connectivity index (χ1v) is 5.89. The SMILES string of the molecule is CCC[C@H]1c2sccc2-c2cncn21. The Kier molecular flexibility index (Phi) is 1.74. The fourth-order valence-electron chi connectivity index (χ4n) is 2.22. The van der Waals surface area contributed by atoms with Crippen LogP contribution < -0.4 is 0 Å². The van der Waals surface area contributed by atoms with E-state index >= 15 is 0 Å². The second-order valence-electron chi connectivity index (χ2n) is 3.69. The smallest absolute Gasteiger partial charge is 0.0957 e. The molecule has 2 aromatic heterocycles. The summed E-state index contributed by atoms with van der Waals surface area (Å²) >= 11 is 1.87. The van der Waals surface area contributed by atoms with E-state index in [2.05, 4.69) is 27.9 Å². The van der Waals surface area contributed by atoms with E-state index in [4.69, 9.17) is 0 Å². The highest BCUT2D eigenvalue weighted by atomic mass is 32.1. The minimum Gasteiger partial charge on any atom is -0.322 e. The lowest BCUT2D eigenvalue weighted by molar-refractivity contribution is 0.562. The lowest BCUT2D eigenvalue weighted by Gasteiger charge is -2.11. The van der Waals surface area contributed by atoms with Crippen molar-refractivity contribution in [1.29, 1.82) is 0 Å². The van der Waals surface area contributed by atoms with E-state index in [9.17, 15) is 0 Å². The summed E-state index contributed by atoms with van der Waals surface area (Å²) in [5.74, 6) is 0. The summed E-state index contributed by atoms with van der Waals surface area (Å²) in [6.07, 6.45) is 6.38. The predicted molar refractivity (Wildman–Crippen MR) is 58.6 cm³/mol. The molecule has 0 bridgehead atoms. The minimum atomic E-state index is 0.549. The molecule has 14 heavy (non-hydrogen) atoms. The molecule has 1 atom stereocenters. The van der Waals surface area contributed by atoms with Crippen molar-refractivity contribution in [2.45, 2.75) is 25.8 Å². The van der Waals surface area contributed by atoms with Crippen molar-refractivity contribution in [3.05, 3.63) is 28.8 Å². The Morgan fingerprint density at radius 3 is 3.36 bits per heavy atom. The first-order valence-electron chi connectivity index (χ1n) is 5.01. The third kappa shape index (κ3) is 0.932. The molecule has 3 heteroatoms. The molecule has 2 aromatic rings. The number of hydrogen-bond acceptors (Lipinski definition) is 2. The molecule has 0 spiro atoms. The third-order valence-corrected chi connectivity index (χ3v) is 3.86. The standard InChI is InChI=1S/C11H12N2S/c1-2-3-9-11-8(4-5-14-11)10-6-12-7-13(9)10/h4-7,9H,2-3H2,1H3/t9-/m0/s1. The number of hydrogen-bond donors (Lipinski definition) is 0. The van der Waals surface area contributed by atoms with Crippen molar-refractivity contribution in [3.8, 4) is 11.3 Å². The van der Waals surface area contributed by atoms with Gasteiger partial charge in [-0.3, -0.25) is 0 Å². The third-order valence-electron chi connectivity index (χ3n) is 2.84. The summed E-state index contributed by atoms with van der Waals surface area (Å²) in [6.45, 7) is 2.24. The van der Waals surface area contributed by atoms with Gasteiger partial charge in [0.1, 0.15) is 0 Å². The van der Waals surface area contributed by atoms with Crippen LogP contribution in [0.15, 0.2) is 24.0 Å². The maximum absolute atomic E-state index is 4.22. The van der Waals surface area contributed by atoms with E-state index < -0.39 is 0 Å². The van der Waals surface area contributed by atoms with E-state index in [-0.39, 0.29) is 0 Å². The van der Waals surface area contributed by atoms with Gasteiger partial charge in [-0.25, -0.2) is 4.98 Å². The largest absolute Gasteiger partial charge is 0.322 e. The van der Waals surface area contributed by atoms with Gasteiger partial charge in [0.15, 0.2) is 0 Å². The Bertz CT molecular complexity index is 415. The highest BCUT2D eigenvalue weighted by Crippen LogP contribution is 2.44. The second kappa shape index (κ2) is 2.95. The maximum Gasteiger partial charge on any atom is 0.0957 e. The number of nitrogens with zero attached hydrogens (tertiary/aromatic N) is 2. The van der Waals surface area contributed by atoms with Gasteiger partial charge in [0.05, 0.1) is 24.3 Å². The van der Waals surface area contributed by atoms with Crippen LogP contribution in [0.1, 0.15) is 30.7 Å². The second-order valence-corrected chi connectivity index (χ2v) is 4.64.